The molecule has 0 radical (unpaired) electrons. The van der Waals surface area contributed by atoms with E-state index in [9.17, 15) is 0 Å². The average Bonchev–Trinajstić information content (AvgIpc) is 3.80. The van der Waals surface area contributed by atoms with Gasteiger partial charge in [-0.3, -0.25) is 0 Å². The molecule has 0 fully saturated rings. The van der Waals surface area contributed by atoms with Crippen molar-refractivity contribution in [3.63, 3.8) is 0 Å². The molecule has 7 nitrogen and oxygen atoms in total. The van der Waals surface area contributed by atoms with Crippen LogP contribution in [0.5, 0.6) is 11.5 Å². The van der Waals surface area contributed by atoms with Gasteiger partial charge in [-0.25, -0.2) is 29.9 Å². The van der Waals surface area contributed by atoms with Crippen LogP contribution in [0.25, 0.3) is 102 Å². The van der Waals surface area contributed by atoms with E-state index in [0.717, 1.165) is 101 Å². The molecule has 3 heterocycles. The summed E-state index contributed by atoms with van der Waals surface area (Å²) in [7, 11) is 0. The highest BCUT2D eigenvalue weighted by Gasteiger charge is 2.52. The zero-order valence-corrected chi connectivity index (χ0v) is 39.8. The van der Waals surface area contributed by atoms with E-state index in [1.54, 1.807) is 0 Å². The fourth-order valence-corrected chi connectivity index (χ4v) is 10.8. The Morgan fingerprint density at radius 1 is 0.230 bits per heavy atom. The van der Waals surface area contributed by atoms with Gasteiger partial charge in [0.25, 0.3) is 0 Å². The Balaban J connectivity index is 1.00. The van der Waals surface area contributed by atoms with Gasteiger partial charge >= 0.3 is 0 Å². The lowest BCUT2D eigenvalue weighted by molar-refractivity contribution is 0.436. The number of fused-ring (bicyclic) bond motifs is 9. The summed E-state index contributed by atoms with van der Waals surface area (Å²) in [4.78, 5) is 31.5. The van der Waals surface area contributed by atoms with E-state index < -0.39 is 5.41 Å². The second-order valence-electron chi connectivity index (χ2n) is 18.6. The van der Waals surface area contributed by atoms with Crippen molar-refractivity contribution in [1.29, 1.82) is 0 Å². The van der Waals surface area contributed by atoms with Gasteiger partial charge in [-0.1, -0.05) is 237 Å². The van der Waals surface area contributed by atoms with Crippen LogP contribution < -0.4 is 4.74 Å². The van der Waals surface area contributed by atoms with Crippen LogP contribution in [0.4, 0.5) is 0 Å². The molecule has 12 aromatic rings. The van der Waals surface area contributed by atoms with Crippen molar-refractivity contribution in [2.24, 2.45) is 0 Å². The molecule has 0 unspecified atom stereocenters. The quantitative estimate of drug-likeness (QED) is 0.150. The fraction of sp³-hybridized carbons (Fsp3) is 0.0149. The Bertz CT molecular complexity index is 3870. The molecule has 14 rings (SSSR count). The molecule has 2 aliphatic rings. The van der Waals surface area contributed by atoms with Gasteiger partial charge in [-0.05, 0) is 62.7 Å². The number of rotatable bonds is 8. The number of hydrogen-bond donors (Lipinski definition) is 0. The van der Waals surface area contributed by atoms with Crippen molar-refractivity contribution >= 4 is 0 Å². The molecule has 0 saturated carbocycles. The molecule has 74 heavy (non-hydrogen) atoms. The Kier molecular flexibility index (Phi) is 10.3. The lowest BCUT2D eigenvalue weighted by atomic mass is 9.66. The maximum Gasteiger partial charge on any atom is 0.164 e. The van der Waals surface area contributed by atoms with E-state index in [1.165, 1.54) is 0 Å². The molecule has 0 atom stereocenters. The Labute approximate surface area is 428 Å². The largest absolute Gasteiger partial charge is 0.457 e. The van der Waals surface area contributed by atoms with Crippen LogP contribution >= 0.6 is 0 Å². The predicted octanol–water partition coefficient (Wildman–Crippen LogP) is 15.9. The van der Waals surface area contributed by atoms with Crippen molar-refractivity contribution in [2.45, 2.75) is 5.41 Å². The number of aromatic nitrogens is 6. The molecule has 7 heteroatoms. The normalized spacial score (nSPS) is 12.5. The maximum atomic E-state index is 6.79. The second kappa shape index (κ2) is 17.7. The van der Waals surface area contributed by atoms with E-state index >= 15 is 0 Å². The number of ether oxygens (including phenoxy) is 1. The van der Waals surface area contributed by atoms with Crippen LogP contribution in [0.2, 0.25) is 0 Å². The minimum atomic E-state index is -0.821. The number of benzene rings is 10. The van der Waals surface area contributed by atoms with Crippen molar-refractivity contribution in [1.82, 2.24) is 29.9 Å². The van der Waals surface area contributed by atoms with Crippen molar-refractivity contribution < 1.29 is 4.74 Å². The van der Waals surface area contributed by atoms with E-state index in [1.807, 2.05) is 84.9 Å². The van der Waals surface area contributed by atoms with Gasteiger partial charge in [0.05, 0.1) is 5.41 Å². The molecule has 1 aliphatic heterocycles. The van der Waals surface area contributed by atoms with Crippen LogP contribution in [-0.4, -0.2) is 29.9 Å². The first-order chi connectivity index (χ1) is 36.7. The summed E-state index contributed by atoms with van der Waals surface area (Å²) in [6.45, 7) is 0. The Hall–Kier alpha value is -9.98. The van der Waals surface area contributed by atoms with Crippen molar-refractivity contribution in [3.8, 4) is 113 Å². The van der Waals surface area contributed by atoms with Gasteiger partial charge in [0.15, 0.2) is 34.9 Å². The molecule has 1 aliphatic carbocycles. The third kappa shape index (κ3) is 7.21. The smallest absolute Gasteiger partial charge is 0.164 e. The molecule has 2 aromatic heterocycles. The zero-order chi connectivity index (χ0) is 49.0. The van der Waals surface area contributed by atoms with E-state index in [-0.39, 0.29) is 0 Å². The van der Waals surface area contributed by atoms with Crippen LogP contribution in [0.1, 0.15) is 22.3 Å². The monoisotopic (exact) mass is 946 g/mol. The number of nitrogens with zero attached hydrogens (tertiary/aromatic N) is 6. The van der Waals surface area contributed by atoms with Gasteiger partial charge in [-0.2, -0.15) is 0 Å². The molecule has 0 saturated heterocycles. The molecule has 1 spiro atoms. The van der Waals surface area contributed by atoms with E-state index in [4.69, 9.17) is 34.6 Å². The highest BCUT2D eigenvalue weighted by atomic mass is 16.5. The van der Waals surface area contributed by atoms with Gasteiger partial charge in [0.1, 0.15) is 11.5 Å². The van der Waals surface area contributed by atoms with Gasteiger partial charge < -0.3 is 4.74 Å². The molecule has 0 bridgehead atoms. The predicted molar refractivity (Wildman–Crippen MR) is 294 cm³/mol. The van der Waals surface area contributed by atoms with Crippen LogP contribution in [0.3, 0.4) is 0 Å². The summed E-state index contributed by atoms with van der Waals surface area (Å²) < 4.78 is 6.79. The second-order valence-corrected chi connectivity index (χ2v) is 18.6. The molecule has 346 valence electrons. The van der Waals surface area contributed by atoms with E-state index in [2.05, 4.69) is 170 Å². The van der Waals surface area contributed by atoms with E-state index in [0.29, 0.717) is 34.9 Å². The molecule has 0 N–H and O–H groups in total. The molecular formula is C67H42N6O. The fourth-order valence-electron chi connectivity index (χ4n) is 10.8. The average molecular weight is 947 g/mol. The summed E-state index contributed by atoms with van der Waals surface area (Å²) in [6.07, 6.45) is 0. The Morgan fingerprint density at radius 3 is 1.04 bits per heavy atom. The van der Waals surface area contributed by atoms with Gasteiger partial charge in [-0.15, -0.1) is 0 Å². The summed E-state index contributed by atoms with van der Waals surface area (Å²) >= 11 is 0. The third-order valence-electron chi connectivity index (χ3n) is 14.3. The summed E-state index contributed by atoms with van der Waals surface area (Å²) in [6, 6.07) is 88.0. The summed E-state index contributed by atoms with van der Waals surface area (Å²) in [5.41, 5.74) is 15.4. The summed E-state index contributed by atoms with van der Waals surface area (Å²) in [5.74, 6) is 5.09. The highest BCUT2D eigenvalue weighted by molar-refractivity contribution is 5.97. The first-order valence-corrected chi connectivity index (χ1v) is 24.8. The highest BCUT2D eigenvalue weighted by Crippen LogP contribution is 2.63. The van der Waals surface area contributed by atoms with Crippen molar-refractivity contribution in [3.05, 3.63) is 277 Å². The molecule has 10 aromatic carbocycles. The lowest BCUT2D eigenvalue weighted by Gasteiger charge is -2.39. The lowest BCUT2D eigenvalue weighted by Crippen LogP contribution is -2.32. The maximum absolute atomic E-state index is 6.79. The first-order valence-electron chi connectivity index (χ1n) is 24.8. The third-order valence-corrected chi connectivity index (χ3v) is 14.3. The minimum absolute atomic E-state index is 0.569. The SMILES string of the molecule is c1ccc(-c2ccc(-c3nc(-c4ccc(-c5ccccc5)cc4)nc(-c4cccc5c4-c4ccc(-c6nc(-c7ccccc7)nc(-c7ccccc7)n6)cc4C54c5ccccc5Oc5ccccc54)n3)cc2)cc1. The topological polar surface area (TPSA) is 86.6 Å². The summed E-state index contributed by atoms with van der Waals surface area (Å²) in [5, 5.41) is 0. The van der Waals surface area contributed by atoms with Gasteiger partial charge in [0, 0.05) is 44.5 Å². The zero-order valence-electron chi connectivity index (χ0n) is 39.8. The van der Waals surface area contributed by atoms with Crippen LogP contribution in [0, 0.1) is 0 Å². The molecule has 0 amide bonds. The molecular weight excluding hydrogens is 905 g/mol. The number of para-hydroxylation sites is 2. The first kappa shape index (κ1) is 42.9. The van der Waals surface area contributed by atoms with Crippen LogP contribution in [0.15, 0.2) is 255 Å². The number of hydrogen-bond acceptors (Lipinski definition) is 7. The minimum Gasteiger partial charge on any atom is -0.457 e. The van der Waals surface area contributed by atoms with Crippen LogP contribution in [-0.2, 0) is 5.41 Å². The van der Waals surface area contributed by atoms with Crippen molar-refractivity contribution in [2.75, 3.05) is 0 Å². The standard InChI is InChI=1S/C67H42N6O/c1-5-18-43(19-6-1)45-32-36-49(37-33-45)63-69-64(50-38-34-46(35-39-50)44-20-7-2-8-21-44)73-66(72-63)53-26-17-29-56-60(53)52-41-40-51(42-57(52)67(56)54-27-13-15-30-58(54)74-59-31-16-14-28-55(59)67)65-70-61(47-22-9-3-10-23-47)68-62(71-65)48-24-11-4-12-25-48/h1-42H. The van der Waals surface area contributed by atoms with Gasteiger partial charge in [0.2, 0.25) is 0 Å². The Morgan fingerprint density at radius 2 is 0.568 bits per heavy atom.